The Morgan fingerprint density at radius 3 is 2.55 bits per heavy atom. The zero-order valence-electron chi connectivity index (χ0n) is 12.0. The Morgan fingerprint density at radius 1 is 0.950 bits per heavy atom. The molecule has 3 heteroatoms. The molecule has 0 saturated carbocycles. The number of nitrogens with one attached hydrogen (secondary N) is 1. The van der Waals surface area contributed by atoms with Crippen molar-refractivity contribution in [3.63, 3.8) is 0 Å². The van der Waals surface area contributed by atoms with Gasteiger partial charge in [0.15, 0.2) is 0 Å². The highest BCUT2D eigenvalue weighted by Crippen LogP contribution is 2.24. The molecule has 0 unspecified atom stereocenters. The average Bonchev–Trinajstić information content (AvgIpc) is 2.46. The van der Waals surface area contributed by atoms with Crippen LogP contribution in [0.15, 0.2) is 40.9 Å². The third-order valence-electron chi connectivity index (χ3n) is 3.36. The van der Waals surface area contributed by atoms with Gasteiger partial charge in [0.2, 0.25) is 0 Å². The first-order valence-corrected chi connectivity index (χ1v) is 8.05. The first-order chi connectivity index (χ1) is 9.79. The first kappa shape index (κ1) is 15.3. The molecule has 0 aliphatic heterocycles. The van der Waals surface area contributed by atoms with E-state index >= 15 is 0 Å². The monoisotopic (exact) mass is 335 g/mol. The molecule has 0 radical (unpaired) electrons. The third-order valence-corrected chi connectivity index (χ3v) is 3.86. The fourth-order valence-electron chi connectivity index (χ4n) is 2.23. The average molecular weight is 336 g/mol. The lowest BCUT2D eigenvalue weighted by Gasteiger charge is -2.07. The van der Waals surface area contributed by atoms with Crippen molar-refractivity contribution < 1.29 is 4.74 Å². The summed E-state index contributed by atoms with van der Waals surface area (Å²) in [5, 5.41) is 5.63. The molecule has 0 aromatic heterocycles. The number of benzene rings is 2. The maximum Gasteiger partial charge on any atom is 0.119 e. The van der Waals surface area contributed by atoms with Crippen molar-refractivity contribution in [2.45, 2.75) is 25.7 Å². The quantitative estimate of drug-likeness (QED) is 0.702. The van der Waals surface area contributed by atoms with Gasteiger partial charge in [-0.2, -0.15) is 0 Å². The van der Waals surface area contributed by atoms with Crippen LogP contribution in [0, 0.1) is 0 Å². The van der Waals surface area contributed by atoms with Gasteiger partial charge in [-0.1, -0.05) is 40.9 Å². The maximum absolute atomic E-state index is 5.82. The number of fused-ring (bicyclic) bond motifs is 1. The van der Waals surface area contributed by atoms with Gasteiger partial charge in [0.05, 0.1) is 6.61 Å². The number of ether oxygens (including phenoxy) is 1. The maximum atomic E-state index is 5.82. The molecule has 2 aromatic carbocycles. The lowest BCUT2D eigenvalue weighted by atomic mass is 10.1. The molecule has 108 valence electrons. The van der Waals surface area contributed by atoms with Crippen LogP contribution in [0.5, 0.6) is 5.75 Å². The van der Waals surface area contributed by atoms with Gasteiger partial charge in [0, 0.05) is 4.47 Å². The number of hydrogen-bond acceptors (Lipinski definition) is 2. The van der Waals surface area contributed by atoms with Crippen molar-refractivity contribution in [3.05, 3.63) is 40.9 Å². The van der Waals surface area contributed by atoms with Crippen molar-refractivity contribution in [1.82, 2.24) is 5.32 Å². The van der Waals surface area contributed by atoms with Crippen molar-refractivity contribution >= 4 is 26.7 Å². The number of hydrogen-bond donors (Lipinski definition) is 1. The highest BCUT2D eigenvalue weighted by Gasteiger charge is 1.98. The molecule has 2 nitrogen and oxygen atoms in total. The summed E-state index contributed by atoms with van der Waals surface area (Å²) in [6, 6.07) is 12.6. The molecular formula is C17H22BrNO. The molecule has 0 fully saturated rings. The lowest BCUT2D eigenvalue weighted by molar-refractivity contribution is 0.305. The summed E-state index contributed by atoms with van der Waals surface area (Å²) in [5.41, 5.74) is 0. The predicted molar refractivity (Wildman–Crippen MR) is 89.5 cm³/mol. The minimum atomic E-state index is 0.807. The second-order valence-corrected chi connectivity index (χ2v) is 5.94. The van der Waals surface area contributed by atoms with E-state index in [9.17, 15) is 0 Å². The number of rotatable bonds is 8. The van der Waals surface area contributed by atoms with E-state index in [1.54, 1.807) is 0 Å². The van der Waals surface area contributed by atoms with Crippen LogP contribution in [0.25, 0.3) is 10.8 Å². The highest BCUT2D eigenvalue weighted by molar-refractivity contribution is 9.10. The minimum absolute atomic E-state index is 0.807. The molecule has 2 aromatic rings. The van der Waals surface area contributed by atoms with E-state index < -0.39 is 0 Å². The molecule has 1 N–H and O–H groups in total. The minimum Gasteiger partial charge on any atom is -0.494 e. The van der Waals surface area contributed by atoms with Crippen molar-refractivity contribution in [3.8, 4) is 5.75 Å². The SMILES string of the molecule is CNCCCCCCOc1ccc2cc(Br)ccc2c1. The van der Waals surface area contributed by atoms with Gasteiger partial charge in [-0.05, 0) is 61.5 Å². The van der Waals surface area contributed by atoms with Crippen LogP contribution in [0.2, 0.25) is 0 Å². The van der Waals surface area contributed by atoms with Gasteiger partial charge in [0.1, 0.15) is 5.75 Å². The van der Waals surface area contributed by atoms with Crippen molar-refractivity contribution in [2.24, 2.45) is 0 Å². The van der Waals surface area contributed by atoms with Crippen LogP contribution < -0.4 is 10.1 Å². The summed E-state index contributed by atoms with van der Waals surface area (Å²) in [5.74, 6) is 0.968. The Bertz CT molecular complexity index is 542. The van der Waals surface area contributed by atoms with Gasteiger partial charge in [0.25, 0.3) is 0 Å². The van der Waals surface area contributed by atoms with E-state index in [2.05, 4.69) is 57.6 Å². The molecule has 2 rings (SSSR count). The molecule has 0 heterocycles. The van der Waals surface area contributed by atoms with Gasteiger partial charge in [-0.25, -0.2) is 0 Å². The zero-order valence-corrected chi connectivity index (χ0v) is 13.6. The summed E-state index contributed by atoms with van der Waals surface area (Å²) >= 11 is 3.49. The summed E-state index contributed by atoms with van der Waals surface area (Å²) in [7, 11) is 2.00. The summed E-state index contributed by atoms with van der Waals surface area (Å²) in [6.45, 7) is 1.92. The van der Waals surface area contributed by atoms with Crippen molar-refractivity contribution in [2.75, 3.05) is 20.2 Å². The summed E-state index contributed by atoms with van der Waals surface area (Å²) < 4.78 is 6.93. The van der Waals surface area contributed by atoms with E-state index in [0.717, 1.165) is 29.8 Å². The normalized spacial score (nSPS) is 10.9. The zero-order chi connectivity index (χ0) is 14.2. The topological polar surface area (TPSA) is 21.3 Å². The molecule has 0 saturated heterocycles. The van der Waals surface area contributed by atoms with Gasteiger partial charge in [-0.15, -0.1) is 0 Å². The molecule has 20 heavy (non-hydrogen) atoms. The Hall–Kier alpha value is -1.06. The molecule has 0 amide bonds. The standard InChI is InChI=1S/C17H22BrNO/c1-19-10-4-2-3-5-11-20-17-9-7-14-12-16(18)8-6-15(14)13-17/h6-9,12-13,19H,2-5,10-11H2,1H3. The van der Waals surface area contributed by atoms with Crippen LogP contribution in [0.3, 0.4) is 0 Å². The van der Waals surface area contributed by atoms with E-state index in [-0.39, 0.29) is 0 Å². The largest absolute Gasteiger partial charge is 0.494 e. The van der Waals surface area contributed by atoms with Gasteiger partial charge >= 0.3 is 0 Å². The molecule has 0 bridgehead atoms. The van der Waals surface area contributed by atoms with Crippen LogP contribution >= 0.6 is 15.9 Å². The molecular weight excluding hydrogens is 314 g/mol. The Balaban J connectivity index is 1.77. The van der Waals surface area contributed by atoms with E-state index in [1.165, 1.54) is 30.0 Å². The molecule has 0 atom stereocenters. The second kappa shape index (κ2) is 8.28. The van der Waals surface area contributed by atoms with E-state index in [4.69, 9.17) is 4.74 Å². The van der Waals surface area contributed by atoms with Crippen LogP contribution in [-0.4, -0.2) is 20.2 Å². The molecule has 0 aliphatic carbocycles. The smallest absolute Gasteiger partial charge is 0.119 e. The number of halogens is 1. The second-order valence-electron chi connectivity index (χ2n) is 5.02. The highest BCUT2D eigenvalue weighted by atomic mass is 79.9. The fraction of sp³-hybridized carbons (Fsp3) is 0.412. The fourth-order valence-corrected chi connectivity index (χ4v) is 2.61. The lowest BCUT2D eigenvalue weighted by Crippen LogP contribution is -2.07. The van der Waals surface area contributed by atoms with Gasteiger partial charge < -0.3 is 10.1 Å². The number of unbranched alkanes of at least 4 members (excludes halogenated alkanes) is 3. The van der Waals surface area contributed by atoms with E-state index in [1.807, 2.05) is 7.05 Å². The molecule has 0 spiro atoms. The Morgan fingerprint density at radius 2 is 1.70 bits per heavy atom. The Kier molecular flexibility index (Phi) is 6.34. The summed E-state index contributed by atoms with van der Waals surface area (Å²) in [4.78, 5) is 0. The Labute approximate surface area is 129 Å². The van der Waals surface area contributed by atoms with Crippen molar-refractivity contribution in [1.29, 1.82) is 0 Å². The predicted octanol–water partition coefficient (Wildman–Crippen LogP) is 4.76. The van der Waals surface area contributed by atoms with E-state index in [0.29, 0.717) is 0 Å². The van der Waals surface area contributed by atoms with Crippen LogP contribution in [0.4, 0.5) is 0 Å². The van der Waals surface area contributed by atoms with Crippen LogP contribution in [0.1, 0.15) is 25.7 Å². The third kappa shape index (κ3) is 4.80. The van der Waals surface area contributed by atoms with Gasteiger partial charge in [-0.3, -0.25) is 0 Å². The molecule has 0 aliphatic rings. The summed E-state index contributed by atoms with van der Waals surface area (Å²) in [6.07, 6.45) is 4.89. The van der Waals surface area contributed by atoms with Crippen LogP contribution in [-0.2, 0) is 0 Å². The first-order valence-electron chi connectivity index (χ1n) is 7.26.